The smallest absolute Gasteiger partial charge is 0.274 e. The van der Waals surface area contributed by atoms with Gasteiger partial charge in [-0.2, -0.15) is 0 Å². The predicted octanol–water partition coefficient (Wildman–Crippen LogP) is 4.27. The van der Waals surface area contributed by atoms with E-state index in [1.165, 1.54) is 0 Å². The molecule has 1 heterocycles. The molecule has 1 aromatic heterocycles. The summed E-state index contributed by atoms with van der Waals surface area (Å²) in [5, 5.41) is 0. The van der Waals surface area contributed by atoms with E-state index in [-0.39, 0.29) is 29.4 Å². The fraction of sp³-hybridized carbons (Fsp3) is 0.520. The molecule has 7 nitrogen and oxygen atoms in total. The zero-order valence-corrected chi connectivity index (χ0v) is 21.9. The van der Waals surface area contributed by atoms with E-state index in [9.17, 15) is 9.59 Å². The van der Waals surface area contributed by atoms with Crippen molar-refractivity contribution in [2.75, 3.05) is 26.8 Å². The third-order valence-electron chi connectivity index (χ3n) is 5.91. The van der Waals surface area contributed by atoms with E-state index >= 15 is 0 Å². The number of ether oxygens (including phenoxy) is 2. The van der Waals surface area contributed by atoms with Gasteiger partial charge in [0.1, 0.15) is 6.61 Å². The number of nitrogens with two attached hydrogens (primary N) is 1. The van der Waals surface area contributed by atoms with Crippen molar-refractivity contribution in [1.29, 1.82) is 0 Å². The number of hydrogen-bond acceptors (Lipinski definition) is 5. The first-order valence-electron chi connectivity index (χ1n) is 11.4. The fourth-order valence-electron chi connectivity index (χ4n) is 3.73. The van der Waals surface area contributed by atoms with Gasteiger partial charge in [0.05, 0.1) is 16.8 Å². The quantitative estimate of drug-likeness (QED) is 0.450. The van der Waals surface area contributed by atoms with E-state index in [1.807, 2.05) is 37.3 Å². The van der Waals surface area contributed by atoms with Crippen molar-refractivity contribution >= 4 is 21.8 Å². The molecule has 8 heteroatoms. The molecule has 0 bridgehead atoms. The van der Waals surface area contributed by atoms with Crippen molar-refractivity contribution in [2.45, 2.75) is 46.3 Å². The monoisotopic (exact) mass is 521 g/mol. The number of aromatic nitrogens is 1. The van der Waals surface area contributed by atoms with Crippen LogP contribution in [0.15, 0.2) is 39.6 Å². The van der Waals surface area contributed by atoms with Gasteiger partial charge in [0.2, 0.25) is 5.43 Å². The normalized spacial score (nSPS) is 12.9. The summed E-state index contributed by atoms with van der Waals surface area (Å²) in [7, 11) is 3.36. The molecule has 0 aliphatic heterocycles. The molecule has 182 valence electrons. The van der Waals surface area contributed by atoms with Gasteiger partial charge < -0.3 is 24.7 Å². The summed E-state index contributed by atoms with van der Waals surface area (Å²) in [4.78, 5) is 28.7. The predicted molar refractivity (Wildman–Crippen MR) is 135 cm³/mol. The maximum atomic E-state index is 13.6. The molecule has 33 heavy (non-hydrogen) atoms. The Morgan fingerprint density at radius 3 is 2.48 bits per heavy atom. The number of likely N-dealkylation sites (N-methyl/N-ethyl adjacent to an activating group) is 1. The summed E-state index contributed by atoms with van der Waals surface area (Å²) in [6.45, 7) is 7.57. The van der Waals surface area contributed by atoms with Gasteiger partial charge in [0, 0.05) is 33.3 Å². The van der Waals surface area contributed by atoms with Crippen LogP contribution in [0, 0.1) is 5.92 Å². The number of halogens is 1. The second kappa shape index (κ2) is 12.9. The highest BCUT2D eigenvalue weighted by atomic mass is 79.9. The largest absolute Gasteiger partial charge is 0.483 e. The van der Waals surface area contributed by atoms with Gasteiger partial charge in [-0.05, 0) is 40.8 Å². The lowest BCUT2D eigenvalue weighted by Gasteiger charge is -2.27. The summed E-state index contributed by atoms with van der Waals surface area (Å²) < 4.78 is 13.2. The molecule has 0 saturated heterocycles. The molecule has 0 saturated carbocycles. The number of carbonyl (C=O) groups excluding carboxylic acids is 1. The highest BCUT2D eigenvalue weighted by Crippen LogP contribution is 2.30. The van der Waals surface area contributed by atoms with E-state index < -0.39 is 6.04 Å². The molecular weight excluding hydrogens is 486 g/mol. The molecule has 0 radical (unpaired) electrons. The standard InChI is InChI=1S/C25H36BrN3O4/c1-6-17(3)15-19(27)21-20(26)23(30)24(33-16-18-11-9-8-10-12-18)22(28(21)4)25(31)29(7-2)13-14-32-5/h8-12,17,19H,6-7,13-16,27H2,1-5H3. The van der Waals surface area contributed by atoms with E-state index in [4.69, 9.17) is 15.2 Å². The topological polar surface area (TPSA) is 86.8 Å². The van der Waals surface area contributed by atoms with Crippen molar-refractivity contribution in [3.05, 3.63) is 62.0 Å². The number of hydrogen-bond donors (Lipinski definition) is 1. The van der Waals surface area contributed by atoms with Gasteiger partial charge in [-0.3, -0.25) is 9.59 Å². The number of methoxy groups -OCH3 is 1. The SMILES string of the molecule is CCC(C)CC(N)c1c(Br)c(=O)c(OCc2ccccc2)c(C(=O)N(CC)CCOC)n1C. The fourth-order valence-corrected chi connectivity index (χ4v) is 4.47. The molecule has 0 spiro atoms. The van der Waals surface area contributed by atoms with Gasteiger partial charge in [-0.25, -0.2) is 0 Å². The summed E-state index contributed by atoms with van der Waals surface area (Å²) in [6.07, 6.45) is 1.67. The minimum absolute atomic E-state index is 0.0218. The molecule has 0 aliphatic rings. The summed E-state index contributed by atoms with van der Waals surface area (Å²) in [5.74, 6) is 0.110. The summed E-state index contributed by atoms with van der Waals surface area (Å²) in [5.41, 5.74) is 7.87. The van der Waals surface area contributed by atoms with Crippen LogP contribution in [0.2, 0.25) is 0 Å². The van der Waals surface area contributed by atoms with E-state index in [0.29, 0.717) is 42.2 Å². The van der Waals surface area contributed by atoms with Crippen molar-refractivity contribution in [3.8, 4) is 5.75 Å². The average molecular weight is 522 g/mol. The van der Waals surface area contributed by atoms with Crippen LogP contribution in [0.4, 0.5) is 0 Å². The van der Waals surface area contributed by atoms with E-state index in [1.54, 1.807) is 23.6 Å². The molecule has 2 unspecified atom stereocenters. The van der Waals surface area contributed by atoms with Crippen LogP contribution in [0.1, 0.15) is 61.4 Å². The first-order chi connectivity index (χ1) is 15.8. The molecule has 2 rings (SSSR count). The second-order valence-corrected chi connectivity index (χ2v) is 9.07. The number of rotatable bonds is 12. The van der Waals surface area contributed by atoms with E-state index in [0.717, 1.165) is 12.0 Å². The van der Waals surface area contributed by atoms with Gasteiger partial charge in [0.15, 0.2) is 11.4 Å². The van der Waals surface area contributed by atoms with Crippen LogP contribution < -0.4 is 15.9 Å². The van der Waals surface area contributed by atoms with Crippen molar-refractivity contribution in [3.63, 3.8) is 0 Å². The van der Waals surface area contributed by atoms with Gasteiger partial charge in [-0.1, -0.05) is 50.6 Å². The first kappa shape index (κ1) is 27.1. The molecule has 0 aliphatic carbocycles. The number of nitrogens with zero attached hydrogens (tertiary/aromatic N) is 2. The molecule has 2 N–H and O–H groups in total. The zero-order valence-electron chi connectivity index (χ0n) is 20.3. The Morgan fingerprint density at radius 1 is 1.24 bits per heavy atom. The maximum absolute atomic E-state index is 13.6. The molecule has 2 aromatic rings. The first-order valence-corrected chi connectivity index (χ1v) is 12.2. The molecule has 0 fully saturated rings. The Morgan fingerprint density at radius 2 is 1.91 bits per heavy atom. The highest BCUT2D eigenvalue weighted by Gasteiger charge is 2.30. The van der Waals surface area contributed by atoms with Crippen LogP contribution in [0.25, 0.3) is 0 Å². The Balaban J connectivity index is 2.61. The highest BCUT2D eigenvalue weighted by molar-refractivity contribution is 9.10. The van der Waals surface area contributed by atoms with Crippen molar-refractivity contribution in [1.82, 2.24) is 9.47 Å². The third kappa shape index (κ3) is 6.68. The van der Waals surface area contributed by atoms with Crippen LogP contribution in [0.3, 0.4) is 0 Å². The van der Waals surface area contributed by atoms with Crippen LogP contribution in [-0.4, -0.2) is 42.2 Å². The Bertz CT molecular complexity index is 978. The number of carbonyl (C=O) groups is 1. The summed E-state index contributed by atoms with van der Waals surface area (Å²) >= 11 is 3.46. The third-order valence-corrected chi connectivity index (χ3v) is 6.68. The molecular formula is C25H36BrN3O4. The minimum Gasteiger partial charge on any atom is -0.483 e. The van der Waals surface area contributed by atoms with Gasteiger partial charge >= 0.3 is 0 Å². The van der Waals surface area contributed by atoms with E-state index in [2.05, 4.69) is 29.8 Å². The lowest BCUT2D eigenvalue weighted by molar-refractivity contribution is 0.0689. The molecule has 1 aromatic carbocycles. The number of pyridine rings is 1. The Labute approximate surface area is 205 Å². The molecule has 2 atom stereocenters. The Hall–Kier alpha value is -2.16. The summed E-state index contributed by atoms with van der Waals surface area (Å²) in [6, 6.07) is 9.13. The van der Waals surface area contributed by atoms with Crippen molar-refractivity contribution < 1.29 is 14.3 Å². The zero-order chi connectivity index (χ0) is 24.5. The lowest BCUT2D eigenvalue weighted by Crippen LogP contribution is -2.38. The number of amides is 1. The number of benzene rings is 1. The van der Waals surface area contributed by atoms with Crippen LogP contribution >= 0.6 is 15.9 Å². The minimum atomic E-state index is -0.407. The van der Waals surface area contributed by atoms with Crippen molar-refractivity contribution in [2.24, 2.45) is 18.7 Å². The van der Waals surface area contributed by atoms with Gasteiger partial charge in [0.25, 0.3) is 5.91 Å². The molecule has 1 amide bonds. The lowest BCUT2D eigenvalue weighted by atomic mass is 9.97. The van der Waals surface area contributed by atoms with Gasteiger partial charge in [-0.15, -0.1) is 0 Å². The van der Waals surface area contributed by atoms with Crippen LogP contribution in [0.5, 0.6) is 5.75 Å². The second-order valence-electron chi connectivity index (χ2n) is 8.27. The maximum Gasteiger partial charge on any atom is 0.274 e. The Kier molecular flexibility index (Phi) is 10.6. The van der Waals surface area contributed by atoms with Crippen LogP contribution in [-0.2, 0) is 18.4 Å². The average Bonchev–Trinajstić information content (AvgIpc) is 2.81.